The lowest BCUT2D eigenvalue weighted by Gasteiger charge is -2.25. The monoisotopic (exact) mass is 156 g/mol. The lowest BCUT2D eigenvalue weighted by molar-refractivity contribution is 0.0260. The molecule has 1 aliphatic rings. The molecule has 0 spiro atoms. The highest BCUT2D eigenvalue weighted by Gasteiger charge is 2.46. The van der Waals surface area contributed by atoms with Crippen LogP contribution < -0.4 is 0 Å². The Hall–Kier alpha value is -0.0151. The van der Waals surface area contributed by atoms with Gasteiger partial charge in [-0.15, -0.1) is 0 Å². The van der Waals surface area contributed by atoms with E-state index in [9.17, 15) is 5.11 Å². The van der Waals surface area contributed by atoms with Crippen molar-refractivity contribution in [2.24, 2.45) is 5.41 Å². The molecule has 1 N–H and O–H groups in total. The van der Waals surface area contributed by atoms with Gasteiger partial charge in [0.1, 0.15) is 7.85 Å². The SMILES string of the molecule is B[C@@H]1O[C@H](CC)[C@@H](O)C1(C)C. The highest BCUT2D eigenvalue weighted by molar-refractivity contribution is 6.11. The number of aliphatic hydroxyl groups excluding tert-OH is 1. The van der Waals surface area contributed by atoms with E-state index in [1.807, 2.05) is 14.8 Å². The van der Waals surface area contributed by atoms with Crippen molar-refractivity contribution < 1.29 is 9.84 Å². The first-order valence-corrected chi connectivity index (χ1v) is 4.33. The maximum Gasteiger partial charge on any atom is 0.140 e. The Morgan fingerprint density at radius 1 is 1.55 bits per heavy atom. The summed E-state index contributed by atoms with van der Waals surface area (Å²) in [6, 6.07) is 0.169. The van der Waals surface area contributed by atoms with Gasteiger partial charge in [-0.25, -0.2) is 0 Å². The predicted molar refractivity (Wildman–Crippen MR) is 47.3 cm³/mol. The van der Waals surface area contributed by atoms with Crippen molar-refractivity contribution in [3.8, 4) is 0 Å². The Morgan fingerprint density at radius 3 is 2.27 bits per heavy atom. The Morgan fingerprint density at radius 2 is 2.09 bits per heavy atom. The van der Waals surface area contributed by atoms with Crippen LogP contribution in [0.2, 0.25) is 0 Å². The lowest BCUT2D eigenvalue weighted by Crippen LogP contribution is -2.35. The van der Waals surface area contributed by atoms with E-state index in [1.54, 1.807) is 0 Å². The van der Waals surface area contributed by atoms with Crippen LogP contribution in [0.4, 0.5) is 0 Å². The molecule has 1 aliphatic heterocycles. The van der Waals surface area contributed by atoms with Gasteiger partial charge >= 0.3 is 0 Å². The van der Waals surface area contributed by atoms with Gasteiger partial charge in [0, 0.05) is 11.4 Å². The van der Waals surface area contributed by atoms with Crippen LogP contribution in [0.3, 0.4) is 0 Å². The molecular formula is C8H17BO2. The van der Waals surface area contributed by atoms with Crippen molar-refractivity contribution >= 4 is 7.85 Å². The maximum absolute atomic E-state index is 9.76. The van der Waals surface area contributed by atoms with E-state index in [0.29, 0.717) is 0 Å². The van der Waals surface area contributed by atoms with Gasteiger partial charge in [0.2, 0.25) is 0 Å². The summed E-state index contributed by atoms with van der Waals surface area (Å²) >= 11 is 0. The Bertz CT molecular complexity index is 147. The van der Waals surface area contributed by atoms with Gasteiger partial charge in [-0.3, -0.25) is 0 Å². The first-order valence-electron chi connectivity index (χ1n) is 4.33. The van der Waals surface area contributed by atoms with Crippen LogP contribution in [-0.2, 0) is 4.74 Å². The summed E-state index contributed by atoms with van der Waals surface area (Å²) in [7, 11) is 2.03. The minimum atomic E-state index is -0.303. The van der Waals surface area contributed by atoms with Gasteiger partial charge in [-0.2, -0.15) is 0 Å². The number of hydrogen-bond donors (Lipinski definition) is 1. The van der Waals surface area contributed by atoms with Gasteiger partial charge in [-0.1, -0.05) is 20.8 Å². The average molecular weight is 156 g/mol. The fourth-order valence-electron chi connectivity index (χ4n) is 1.55. The minimum Gasteiger partial charge on any atom is -0.390 e. The highest BCUT2D eigenvalue weighted by atomic mass is 16.5. The minimum absolute atomic E-state index is 0.0417. The van der Waals surface area contributed by atoms with Gasteiger partial charge in [0.25, 0.3) is 0 Å². The molecule has 0 saturated carbocycles. The third kappa shape index (κ3) is 1.32. The molecule has 1 rings (SSSR count). The van der Waals surface area contributed by atoms with Crippen LogP contribution in [0.25, 0.3) is 0 Å². The zero-order valence-electron chi connectivity index (χ0n) is 7.79. The molecule has 0 unspecified atom stereocenters. The summed E-state index contributed by atoms with van der Waals surface area (Å²) in [5.74, 6) is 0. The average Bonchev–Trinajstić information content (AvgIpc) is 2.14. The summed E-state index contributed by atoms with van der Waals surface area (Å²) in [5.41, 5.74) is -0.0827. The summed E-state index contributed by atoms with van der Waals surface area (Å²) in [4.78, 5) is 0. The second-order valence-electron chi connectivity index (χ2n) is 3.99. The van der Waals surface area contributed by atoms with Gasteiger partial charge < -0.3 is 9.84 Å². The first-order chi connectivity index (χ1) is 5.00. The van der Waals surface area contributed by atoms with E-state index in [0.717, 1.165) is 6.42 Å². The molecule has 11 heavy (non-hydrogen) atoms. The summed E-state index contributed by atoms with van der Waals surface area (Å²) in [6.07, 6.45) is 0.636. The molecule has 0 aromatic rings. The van der Waals surface area contributed by atoms with E-state index >= 15 is 0 Å². The highest BCUT2D eigenvalue weighted by Crippen LogP contribution is 2.37. The molecule has 64 valence electrons. The molecular weight excluding hydrogens is 139 g/mol. The van der Waals surface area contributed by atoms with Gasteiger partial charge in [0.15, 0.2) is 0 Å². The van der Waals surface area contributed by atoms with Crippen LogP contribution in [0.15, 0.2) is 0 Å². The molecule has 3 atom stereocenters. The van der Waals surface area contributed by atoms with Crippen molar-refractivity contribution in [2.75, 3.05) is 0 Å². The Labute approximate surface area is 69.3 Å². The summed E-state index contributed by atoms with van der Waals surface area (Å²) in [6.45, 7) is 6.15. The van der Waals surface area contributed by atoms with Crippen LogP contribution in [0.5, 0.6) is 0 Å². The third-order valence-corrected chi connectivity index (χ3v) is 2.94. The van der Waals surface area contributed by atoms with Gasteiger partial charge in [-0.05, 0) is 6.42 Å². The first kappa shape index (κ1) is 9.08. The van der Waals surface area contributed by atoms with Crippen LogP contribution in [-0.4, -0.2) is 31.2 Å². The fourth-order valence-corrected chi connectivity index (χ4v) is 1.55. The van der Waals surface area contributed by atoms with E-state index in [-0.39, 0.29) is 23.6 Å². The van der Waals surface area contributed by atoms with Crippen molar-refractivity contribution in [3.63, 3.8) is 0 Å². The normalized spacial score (nSPS) is 42.7. The molecule has 0 aromatic heterocycles. The standard InChI is InChI=1S/C8H17BO2/c1-4-5-6(10)8(2,3)7(9)11-5/h5-7,10H,4,9H2,1-3H3/t5-,6-,7-/m1/s1. The second kappa shape index (κ2) is 2.79. The van der Waals surface area contributed by atoms with Crippen LogP contribution in [0.1, 0.15) is 27.2 Å². The maximum atomic E-state index is 9.76. The topological polar surface area (TPSA) is 29.5 Å². The lowest BCUT2D eigenvalue weighted by atomic mass is 9.73. The van der Waals surface area contributed by atoms with Crippen LogP contribution >= 0.6 is 0 Å². The molecule has 0 aliphatic carbocycles. The Kier molecular flexibility index (Phi) is 2.31. The summed E-state index contributed by atoms with van der Waals surface area (Å²) in [5, 5.41) is 9.76. The second-order valence-corrected chi connectivity index (χ2v) is 3.99. The van der Waals surface area contributed by atoms with Crippen LogP contribution in [0, 0.1) is 5.41 Å². The fraction of sp³-hybridized carbons (Fsp3) is 1.00. The quantitative estimate of drug-likeness (QED) is 0.547. The van der Waals surface area contributed by atoms with Crippen molar-refractivity contribution in [3.05, 3.63) is 0 Å². The summed E-state index contributed by atoms with van der Waals surface area (Å²) < 4.78 is 5.59. The largest absolute Gasteiger partial charge is 0.390 e. The molecule has 1 fully saturated rings. The third-order valence-electron chi connectivity index (χ3n) is 2.94. The number of ether oxygens (including phenoxy) is 1. The van der Waals surface area contributed by atoms with Crippen molar-refractivity contribution in [1.82, 2.24) is 0 Å². The van der Waals surface area contributed by atoms with E-state index in [4.69, 9.17) is 4.74 Å². The van der Waals surface area contributed by atoms with E-state index in [2.05, 4.69) is 13.8 Å². The number of aliphatic hydroxyl groups is 1. The molecule has 0 amide bonds. The predicted octanol–water partition coefficient (Wildman–Crippen LogP) is 0.141. The van der Waals surface area contributed by atoms with Crippen molar-refractivity contribution in [1.29, 1.82) is 0 Å². The number of hydrogen-bond acceptors (Lipinski definition) is 2. The van der Waals surface area contributed by atoms with E-state index < -0.39 is 0 Å². The molecule has 1 heterocycles. The number of rotatable bonds is 1. The zero-order chi connectivity index (χ0) is 8.65. The molecule has 1 saturated heterocycles. The smallest absolute Gasteiger partial charge is 0.140 e. The molecule has 0 aromatic carbocycles. The molecule has 0 bridgehead atoms. The van der Waals surface area contributed by atoms with Gasteiger partial charge in [0.05, 0.1) is 12.2 Å². The van der Waals surface area contributed by atoms with Crippen molar-refractivity contribution in [2.45, 2.75) is 45.4 Å². The van der Waals surface area contributed by atoms with E-state index in [1.165, 1.54) is 0 Å². The molecule has 3 heteroatoms. The molecule has 0 radical (unpaired) electrons. The molecule has 2 nitrogen and oxygen atoms in total. The zero-order valence-corrected chi connectivity index (χ0v) is 7.79. The Balaban J connectivity index is 2.71.